The van der Waals surface area contributed by atoms with Crippen molar-refractivity contribution in [1.29, 1.82) is 0 Å². The number of rotatable bonds is 5. The van der Waals surface area contributed by atoms with E-state index < -0.39 is 9.84 Å². The fourth-order valence-electron chi connectivity index (χ4n) is 4.45. The predicted octanol–water partition coefficient (Wildman–Crippen LogP) is 4.50. The molecule has 178 valence electrons. The lowest BCUT2D eigenvalue weighted by Gasteiger charge is -2.15. The van der Waals surface area contributed by atoms with Crippen molar-refractivity contribution in [2.45, 2.75) is 36.3 Å². The number of pyridine rings is 1. The van der Waals surface area contributed by atoms with Gasteiger partial charge in [-0.15, -0.1) is 0 Å². The molecular weight excluding hydrogens is 464 g/mol. The Labute approximate surface area is 203 Å². The largest absolute Gasteiger partial charge is 0.495 e. The van der Waals surface area contributed by atoms with E-state index >= 15 is 0 Å². The molecule has 35 heavy (non-hydrogen) atoms. The van der Waals surface area contributed by atoms with E-state index in [1.54, 1.807) is 31.4 Å². The van der Waals surface area contributed by atoms with Crippen LogP contribution in [0.25, 0.3) is 16.6 Å². The number of fused-ring (bicyclic) bond motifs is 1. The van der Waals surface area contributed by atoms with Gasteiger partial charge in [0, 0.05) is 29.0 Å². The summed E-state index contributed by atoms with van der Waals surface area (Å²) in [7, 11) is -2.10. The molecule has 7 nitrogen and oxygen atoms in total. The minimum atomic E-state index is -3.65. The van der Waals surface area contributed by atoms with E-state index in [1.165, 1.54) is 41.9 Å². The Hall–Kier alpha value is -3.83. The first-order chi connectivity index (χ1) is 16.9. The minimum absolute atomic E-state index is 0.140. The monoisotopic (exact) mass is 488 g/mol. The van der Waals surface area contributed by atoms with Gasteiger partial charge in [-0.1, -0.05) is 29.8 Å². The van der Waals surface area contributed by atoms with Gasteiger partial charge in [0.2, 0.25) is 0 Å². The van der Waals surface area contributed by atoms with Crippen LogP contribution in [0.1, 0.15) is 36.9 Å². The van der Waals surface area contributed by atoms with Crippen molar-refractivity contribution in [2.75, 3.05) is 7.11 Å². The lowest BCUT2D eigenvalue weighted by Crippen LogP contribution is -2.18. The maximum atomic E-state index is 13.0. The molecule has 0 atom stereocenters. The second-order valence-electron chi connectivity index (χ2n) is 8.61. The Morgan fingerprint density at radius 1 is 1.09 bits per heavy atom. The molecule has 1 aliphatic carbocycles. The summed E-state index contributed by atoms with van der Waals surface area (Å²) in [5, 5.41) is 4.30. The van der Waals surface area contributed by atoms with E-state index in [4.69, 9.17) is 9.26 Å². The SMILES string of the molecule is COc1ccc(C#CC2CCCC2)cc1-n1c(=O)ccc2cc(S(=O)(=O)Cc3ccon3)ccc21. The topological polar surface area (TPSA) is 91.4 Å². The quantitative estimate of drug-likeness (QED) is 0.384. The van der Waals surface area contributed by atoms with Gasteiger partial charge in [0.05, 0.1) is 28.9 Å². The van der Waals surface area contributed by atoms with Crippen LogP contribution < -0.4 is 10.3 Å². The predicted molar refractivity (Wildman–Crippen MR) is 132 cm³/mol. The van der Waals surface area contributed by atoms with E-state index in [1.807, 2.05) is 12.1 Å². The average Bonchev–Trinajstić information content (AvgIpc) is 3.56. The van der Waals surface area contributed by atoms with Crippen LogP contribution in [-0.2, 0) is 15.6 Å². The molecule has 0 saturated heterocycles. The second kappa shape index (κ2) is 9.43. The van der Waals surface area contributed by atoms with Gasteiger partial charge >= 0.3 is 0 Å². The van der Waals surface area contributed by atoms with Crippen LogP contribution in [0.2, 0.25) is 0 Å². The molecule has 1 saturated carbocycles. The van der Waals surface area contributed by atoms with Gasteiger partial charge in [-0.3, -0.25) is 9.36 Å². The van der Waals surface area contributed by atoms with Crippen molar-refractivity contribution >= 4 is 20.7 Å². The molecule has 4 aromatic rings. The van der Waals surface area contributed by atoms with Gasteiger partial charge in [0.15, 0.2) is 9.84 Å². The Kier molecular flexibility index (Phi) is 6.18. The van der Waals surface area contributed by atoms with Crippen molar-refractivity contribution in [3.63, 3.8) is 0 Å². The van der Waals surface area contributed by atoms with Crippen molar-refractivity contribution in [1.82, 2.24) is 9.72 Å². The summed E-state index contributed by atoms with van der Waals surface area (Å²) in [6.45, 7) is 0. The fraction of sp³-hybridized carbons (Fsp3) is 0.259. The number of nitrogens with zero attached hydrogens (tertiary/aromatic N) is 2. The van der Waals surface area contributed by atoms with E-state index in [0.717, 1.165) is 18.4 Å². The van der Waals surface area contributed by atoms with Gasteiger partial charge in [0.25, 0.3) is 5.56 Å². The molecule has 0 aliphatic heterocycles. The number of ether oxygens (including phenoxy) is 1. The second-order valence-corrected chi connectivity index (χ2v) is 10.6. The summed E-state index contributed by atoms with van der Waals surface area (Å²) < 4.78 is 37.6. The van der Waals surface area contributed by atoms with Crippen molar-refractivity contribution in [3.05, 3.63) is 82.5 Å². The molecule has 0 spiro atoms. The molecule has 5 rings (SSSR count). The van der Waals surface area contributed by atoms with E-state index in [2.05, 4.69) is 17.0 Å². The molecule has 1 aliphatic rings. The molecule has 2 aromatic carbocycles. The van der Waals surface area contributed by atoms with E-state index in [-0.39, 0.29) is 16.2 Å². The van der Waals surface area contributed by atoms with E-state index in [9.17, 15) is 13.2 Å². The zero-order chi connectivity index (χ0) is 24.4. The summed E-state index contributed by atoms with van der Waals surface area (Å²) in [5.41, 5.74) is 1.99. The Bertz CT molecular complexity index is 1600. The number of methoxy groups -OCH3 is 1. The Morgan fingerprint density at radius 3 is 2.66 bits per heavy atom. The molecule has 2 aromatic heterocycles. The molecule has 1 fully saturated rings. The third-order valence-corrected chi connectivity index (χ3v) is 7.90. The van der Waals surface area contributed by atoms with Crippen LogP contribution in [0.4, 0.5) is 0 Å². The van der Waals surface area contributed by atoms with E-state index in [0.29, 0.717) is 34.0 Å². The smallest absolute Gasteiger partial charge is 0.255 e. The lowest BCUT2D eigenvalue weighted by atomic mass is 10.1. The van der Waals surface area contributed by atoms with Gasteiger partial charge in [-0.25, -0.2) is 8.42 Å². The van der Waals surface area contributed by atoms with Crippen LogP contribution in [0, 0.1) is 17.8 Å². The number of hydrogen-bond acceptors (Lipinski definition) is 6. The highest BCUT2D eigenvalue weighted by molar-refractivity contribution is 7.90. The summed E-state index contributed by atoms with van der Waals surface area (Å²) in [6.07, 6.45) is 6.02. The maximum Gasteiger partial charge on any atom is 0.255 e. The maximum absolute atomic E-state index is 13.0. The molecule has 2 heterocycles. The third kappa shape index (κ3) is 4.73. The highest BCUT2D eigenvalue weighted by atomic mass is 32.2. The molecular formula is C27H24N2O5S. The van der Waals surface area contributed by atoms with Crippen LogP contribution in [0.5, 0.6) is 5.75 Å². The fourth-order valence-corrected chi connectivity index (χ4v) is 5.74. The Balaban J connectivity index is 1.59. The molecule has 0 unspecified atom stereocenters. The minimum Gasteiger partial charge on any atom is -0.495 e. The summed E-state index contributed by atoms with van der Waals surface area (Å²) >= 11 is 0. The molecule has 0 radical (unpaired) electrons. The molecule has 0 bridgehead atoms. The third-order valence-electron chi connectivity index (χ3n) is 6.25. The van der Waals surface area contributed by atoms with Gasteiger partial charge in [0.1, 0.15) is 17.8 Å². The molecule has 0 N–H and O–H groups in total. The standard InChI is InChI=1S/C27H24N2O5S/c1-33-26-12-8-20(7-6-19-4-2-3-5-19)16-25(26)29-24-11-10-23(17-21(24)9-13-27(29)30)35(31,32)18-22-14-15-34-28-22/h8-17,19H,2-5,18H2,1H3. The number of hydrogen-bond donors (Lipinski definition) is 0. The Morgan fingerprint density at radius 2 is 1.91 bits per heavy atom. The number of benzene rings is 2. The lowest BCUT2D eigenvalue weighted by molar-refractivity contribution is 0.413. The highest BCUT2D eigenvalue weighted by Gasteiger charge is 2.19. The van der Waals surface area contributed by atoms with Gasteiger partial charge in [-0.2, -0.15) is 0 Å². The first-order valence-electron chi connectivity index (χ1n) is 11.4. The summed E-state index contributed by atoms with van der Waals surface area (Å²) in [6, 6.07) is 14.8. The zero-order valence-electron chi connectivity index (χ0n) is 19.2. The number of aromatic nitrogens is 2. The average molecular weight is 489 g/mol. The van der Waals surface area contributed by atoms with Crippen LogP contribution in [0.3, 0.4) is 0 Å². The first-order valence-corrected chi connectivity index (χ1v) is 13.1. The van der Waals surface area contributed by atoms with Crippen molar-refractivity contribution < 1.29 is 17.7 Å². The molecule has 8 heteroatoms. The highest BCUT2D eigenvalue weighted by Crippen LogP contribution is 2.28. The van der Waals surface area contributed by atoms with Crippen molar-refractivity contribution in [2.24, 2.45) is 5.92 Å². The van der Waals surface area contributed by atoms with Crippen molar-refractivity contribution in [3.8, 4) is 23.3 Å². The zero-order valence-corrected chi connectivity index (χ0v) is 20.0. The van der Waals surface area contributed by atoms with Gasteiger partial charge < -0.3 is 9.26 Å². The number of sulfone groups is 1. The van der Waals surface area contributed by atoms with Crippen LogP contribution in [-0.4, -0.2) is 25.3 Å². The van der Waals surface area contributed by atoms with Crippen LogP contribution >= 0.6 is 0 Å². The van der Waals surface area contributed by atoms with Crippen LogP contribution in [0.15, 0.2) is 75.1 Å². The summed E-state index contributed by atoms with van der Waals surface area (Å²) in [5.74, 6) is 7.27. The van der Waals surface area contributed by atoms with Gasteiger partial charge in [-0.05, 0) is 55.3 Å². The summed E-state index contributed by atoms with van der Waals surface area (Å²) in [4.78, 5) is 13.1. The first kappa shape index (κ1) is 22.9. The normalized spacial score (nSPS) is 14.1. The molecule has 0 amide bonds.